The van der Waals surface area contributed by atoms with Crippen LogP contribution in [-0.2, 0) is 5.41 Å². The molecule has 2 aromatic rings. The Kier molecular flexibility index (Phi) is 9.36. The molecule has 0 aromatic heterocycles. The van der Waals surface area contributed by atoms with Gasteiger partial charge in [-0.1, -0.05) is 70.9 Å². The van der Waals surface area contributed by atoms with Gasteiger partial charge in [-0.2, -0.15) is 5.26 Å². The summed E-state index contributed by atoms with van der Waals surface area (Å²) < 4.78 is 11.3. The van der Waals surface area contributed by atoms with Crippen LogP contribution in [0.5, 0.6) is 11.5 Å². The number of ether oxygens (including phenoxy) is 2. The van der Waals surface area contributed by atoms with Crippen molar-refractivity contribution in [2.45, 2.75) is 83.5 Å². The van der Waals surface area contributed by atoms with Gasteiger partial charge >= 0.3 is 5.97 Å². The summed E-state index contributed by atoms with van der Waals surface area (Å²) in [4.78, 5) is 12.5. The van der Waals surface area contributed by atoms with Gasteiger partial charge in [-0.15, -0.1) is 0 Å². The predicted molar refractivity (Wildman–Crippen MR) is 132 cm³/mol. The number of hydrogen-bond acceptors (Lipinski definition) is 4. The molecule has 0 bridgehead atoms. The molecule has 0 saturated heterocycles. The minimum atomic E-state index is -0.396. The first-order valence-corrected chi connectivity index (χ1v) is 12.6. The fraction of sp³-hybridized carbons (Fsp3) is 0.517. The fourth-order valence-electron chi connectivity index (χ4n) is 4.43. The molecule has 2 aromatic carbocycles. The number of esters is 1. The molecular formula is C29H37NO3. The summed E-state index contributed by atoms with van der Waals surface area (Å²) in [6.45, 7) is 5.10. The third kappa shape index (κ3) is 6.84. The van der Waals surface area contributed by atoms with Crippen LogP contribution >= 0.6 is 0 Å². The van der Waals surface area contributed by atoms with Crippen LogP contribution in [-0.4, -0.2) is 12.6 Å². The Balaban J connectivity index is 1.46. The number of hydrogen-bond donors (Lipinski definition) is 0. The molecule has 33 heavy (non-hydrogen) atoms. The second-order valence-electron chi connectivity index (χ2n) is 9.18. The smallest absolute Gasteiger partial charge is 0.343 e. The number of benzene rings is 2. The molecule has 3 rings (SSSR count). The first-order chi connectivity index (χ1) is 16.1. The summed E-state index contributed by atoms with van der Waals surface area (Å²) in [6, 6.07) is 17.1. The van der Waals surface area contributed by atoms with E-state index in [1.807, 2.05) is 24.3 Å². The van der Waals surface area contributed by atoms with Gasteiger partial charge in [-0.3, -0.25) is 0 Å². The summed E-state index contributed by atoms with van der Waals surface area (Å²) >= 11 is 0. The van der Waals surface area contributed by atoms with Crippen LogP contribution in [0.15, 0.2) is 48.5 Å². The molecule has 0 unspecified atom stereocenters. The topological polar surface area (TPSA) is 59.3 Å². The van der Waals surface area contributed by atoms with Crippen molar-refractivity contribution in [1.82, 2.24) is 0 Å². The molecule has 0 spiro atoms. The molecule has 1 fully saturated rings. The van der Waals surface area contributed by atoms with Crippen LogP contribution in [0.3, 0.4) is 0 Å². The van der Waals surface area contributed by atoms with Crippen LogP contribution in [0, 0.1) is 17.2 Å². The number of rotatable bonds is 14. The third-order valence-corrected chi connectivity index (χ3v) is 6.65. The van der Waals surface area contributed by atoms with Crippen LogP contribution < -0.4 is 9.47 Å². The van der Waals surface area contributed by atoms with E-state index in [-0.39, 0.29) is 5.41 Å². The second kappa shape index (κ2) is 12.4. The van der Waals surface area contributed by atoms with Crippen molar-refractivity contribution in [2.24, 2.45) is 5.92 Å². The molecule has 176 valence electrons. The third-order valence-electron chi connectivity index (χ3n) is 6.65. The van der Waals surface area contributed by atoms with Gasteiger partial charge in [0.15, 0.2) is 0 Å². The molecule has 2 atom stereocenters. The normalized spacial score (nSPS) is 19.0. The molecule has 0 aliphatic heterocycles. The summed E-state index contributed by atoms with van der Waals surface area (Å²) in [5.41, 5.74) is 1.15. The quantitative estimate of drug-likeness (QED) is 0.170. The van der Waals surface area contributed by atoms with E-state index in [4.69, 9.17) is 9.47 Å². The maximum Gasteiger partial charge on any atom is 0.343 e. The van der Waals surface area contributed by atoms with Gasteiger partial charge in [0.1, 0.15) is 11.5 Å². The zero-order chi connectivity index (χ0) is 23.5. The highest BCUT2D eigenvalue weighted by Gasteiger charge is 2.55. The van der Waals surface area contributed by atoms with Crippen molar-refractivity contribution in [1.29, 1.82) is 5.26 Å². The van der Waals surface area contributed by atoms with Crippen molar-refractivity contribution in [2.75, 3.05) is 6.61 Å². The Morgan fingerprint density at radius 1 is 0.909 bits per heavy atom. The average Bonchev–Trinajstić information content (AvgIpc) is 3.57. The highest BCUT2D eigenvalue weighted by atomic mass is 16.5. The molecule has 0 heterocycles. The summed E-state index contributed by atoms with van der Waals surface area (Å²) in [7, 11) is 0. The second-order valence-corrected chi connectivity index (χ2v) is 9.18. The van der Waals surface area contributed by atoms with Gasteiger partial charge in [-0.05, 0) is 67.1 Å². The molecule has 0 N–H and O–H groups in total. The number of nitrogens with zero attached hydrogens (tertiary/aromatic N) is 1. The molecule has 4 heteroatoms. The van der Waals surface area contributed by atoms with E-state index in [0.29, 0.717) is 23.8 Å². The maximum atomic E-state index is 12.5. The lowest BCUT2D eigenvalue weighted by Crippen LogP contribution is -2.10. The van der Waals surface area contributed by atoms with Crippen LogP contribution in [0.25, 0.3) is 0 Å². The van der Waals surface area contributed by atoms with Gasteiger partial charge in [0, 0.05) is 0 Å². The van der Waals surface area contributed by atoms with Crippen LogP contribution in [0.1, 0.15) is 94.0 Å². The Morgan fingerprint density at radius 3 is 2.21 bits per heavy atom. The minimum absolute atomic E-state index is 0.358. The molecule has 4 nitrogen and oxygen atoms in total. The zero-order valence-electron chi connectivity index (χ0n) is 20.1. The predicted octanol–water partition coefficient (Wildman–Crippen LogP) is 7.62. The standard InChI is InChI=1S/C29H37NO3/c1-3-5-7-8-9-10-20-32-26-16-12-23(13-17-26)28(31)33-27-18-14-24(15-19-27)29(22-30)21-25(29)11-6-4-2/h12-19,25H,3-11,20-21H2,1-2H3/t25-,29+/m0/s1. The van der Waals surface area contributed by atoms with Crippen molar-refractivity contribution in [3.8, 4) is 17.6 Å². The summed E-state index contributed by atoms with van der Waals surface area (Å²) in [6.07, 6.45) is 11.7. The van der Waals surface area contributed by atoms with E-state index >= 15 is 0 Å². The van der Waals surface area contributed by atoms with E-state index in [1.54, 1.807) is 24.3 Å². The Hall–Kier alpha value is -2.80. The fourth-order valence-corrected chi connectivity index (χ4v) is 4.43. The summed E-state index contributed by atoms with van der Waals surface area (Å²) in [5.74, 6) is 1.31. The first-order valence-electron chi connectivity index (χ1n) is 12.6. The van der Waals surface area contributed by atoms with E-state index < -0.39 is 5.97 Å². The average molecular weight is 448 g/mol. The number of carbonyl (C=O) groups is 1. The van der Waals surface area contributed by atoms with Crippen LogP contribution in [0.4, 0.5) is 0 Å². The number of nitriles is 1. The Morgan fingerprint density at radius 2 is 1.55 bits per heavy atom. The largest absolute Gasteiger partial charge is 0.494 e. The van der Waals surface area contributed by atoms with Crippen molar-refractivity contribution in [3.05, 3.63) is 59.7 Å². The van der Waals surface area contributed by atoms with Gasteiger partial charge in [-0.25, -0.2) is 4.79 Å². The number of unbranched alkanes of at least 4 members (excludes halogenated alkanes) is 6. The van der Waals surface area contributed by atoms with Gasteiger partial charge < -0.3 is 9.47 Å². The van der Waals surface area contributed by atoms with Crippen molar-refractivity contribution >= 4 is 5.97 Å². The minimum Gasteiger partial charge on any atom is -0.494 e. The lowest BCUT2D eigenvalue weighted by Gasteiger charge is -2.11. The number of carbonyl (C=O) groups excluding carboxylic acids is 1. The maximum absolute atomic E-state index is 12.5. The van der Waals surface area contributed by atoms with Crippen molar-refractivity contribution in [3.63, 3.8) is 0 Å². The first kappa shape index (κ1) is 24.8. The molecule has 0 radical (unpaired) electrons. The molecule has 0 amide bonds. The van der Waals surface area contributed by atoms with Crippen molar-refractivity contribution < 1.29 is 14.3 Å². The monoisotopic (exact) mass is 447 g/mol. The Labute approximate surface area is 198 Å². The van der Waals surface area contributed by atoms with Gasteiger partial charge in [0.05, 0.1) is 23.7 Å². The van der Waals surface area contributed by atoms with E-state index in [1.165, 1.54) is 32.1 Å². The molecule has 1 aliphatic rings. The molecule has 1 aliphatic carbocycles. The van der Waals surface area contributed by atoms with E-state index in [0.717, 1.165) is 43.4 Å². The summed E-state index contributed by atoms with van der Waals surface area (Å²) in [5, 5.41) is 9.73. The highest BCUT2D eigenvalue weighted by Crippen LogP contribution is 2.56. The SMILES string of the molecule is CCCCCCCCOc1ccc(C(=O)Oc2ccc([C@]3(C#N)C[C@@H]3CCCC)cc2)cc1. The lowest BCUT2D eigenvalue weighted by molar-refractivity contribution is 0.0734. The molecular weight excluding hydrogens is 410 g/mol. The van der Waals surface area contributed by atoms with Gasteiger partial charge in [0.2, 0.25) is 0 Å². The molecule has 1 saturated carbocycles. The zero-order valence-corrected chi connectivity index (χ0v) is 20.1. The van der Waals surface area contributed by atoms with E-state index in [2.05, 4.69) is 19.9 Å². The highest BCUT2D eigenvalue weighted by molar-refractivity contribution is 5.91. The lowest BCUT2D eigenvalue weighted by atomic mass is 9.93. The van der Waals surface area contributed by atoms with E-state index in [9.17, 15) is 10.1 Å². The Bertz CT molecular complexity index is 913. The van der Waals surface area contributed by atoms with Gasteiger partial charge in [0.25, 0.3) is 0 Å². The van der Waals surface area contributed by atoms with Crippen LogP contribution in [0.2, 0.25) is 0 Å².